The second-order valence-electron chi connectivity index (χ2n) is 20.5. The van der Waals surface area contributed by atoms with E-state index in [1.807, 2.05) is 27.7 Å². The molecule has 23 nitrogen and oxygen atoms in total. The van der Waals surface area contributed by atoms with Gasteiger partial charge >= 0.3 is 6.09 Å². The molecule has 2 rings (SSSR count). The molecule has 0 aliphatic heterocycles. The highest BCUT2D eigenvalue weighted by atomic mass is 31.1. The van der Waals surface area contributed by atoms with E-state index in [9.17, 15) is 57.5 Å². The van der Waals surface area contributed by atoms with Crippen LogP contribution in [0.1, 0.15) is 85.3 Å². The molecule has 10 N–H and O–H groups in total. The van der Waals surface area contributed by atoms with Crippen molar-refractivity contribution in [2.24, 2.45) is 11.8 Å². The fourth-order valence-electron chi connectivity index (χ4n) is 7.19. The topological polar surface area (TPSA) is 334 Å². The van der Waals surface area contributed by atoms with Crippen molar-refractivity contribution in [1.82, 2.24) is 53.2 Å². The Morgan fingerprint density at radius 3 is 1.19 bits per heavy atom. The van der Waals surface area contributed by atoms with Crippen molar-refractivity contribution in [3.63, 3.8) is 0 Å². The first-order valence-corrected chi connectivity index (χ1v) is 29.4. The number of hydrogen-bond donors (Lipinski definition) is 10. The summed E-state index contributed by atoms with van der Waals surface area (Å²) < 4.78 is 5.17. The lowest BCUT2D eigenvalue weighted by Gasteiger charge is -2.25. The number of benzene rings is 2. The summed E-state index contributed by atoms with van der Waals surface area (Å²) in [6.07, 6.45) is -1.48. The largest absolute Gasteiger partial charge is 0.444 e. The van der Waals surface area contributed by atoms with Gasteiger partial charge in [0.15, 0.2) is 11.0 Å². The minimum Gasteiger partial charge on any atom is -0.444 e. The van der Waals surface area contributed by atoms with Crippen LogP contribution in [0.25, 0.3) is 0 Å². The number of carbonyl (C=O) groups is 12. The van der Waals surface area contributed by atoms with Crippen LogP contribution in [0.3, 0.4) is 0 Å². The summed E-state index contributed by atoms with van der Waals surface area (Å²) in [5, 5.41) is 25.1. The molecule has 0 fully saturated rings. The van der Waals surface area contributed by atoms with E-state index in [-0.39, 0.29) is 61.7 Å². The summed E-state index contributed by atoms with van der Waals surface area (Å²) in [6.45, 7) is 12.5. The number of carbonyl (C=O) groups excluding carboxylic acids is 12. The molecule has 0 saturated carbocycles. The van der Waals surface area contributed by atoms with Crippen LogP contribution < -0.4 is 53.2 Å². The normalized spacial score (nSPS) is 13.8. The monoisotopic (exact) mass is 1130 g/mol. The zero-order valence-electron chi connectivity index (χ0n) is 46.4. The van der Waals surface area contributed by atoms with Crippen molar-refractivity contribution in [3.05, 3.63) is 71.8 Å². The van der Waals surface area contributed by atoms with Gasteiger partial charge in [-0.15, -0.1) is 0 Å². The van der Waals surface area contributed by atoms with Crippen molar-refractivity contribution in [3.8, 4) is 0 Å². The van der Waals surface area contributed by atoms with Gasteiger partial charge in [0.1, 0.15) is 57.5 Å². The molecule has 79 heavy (non-hydrogen) atoms. The van der Waals surface area contributed by atoms with Crippen molar-refractivity contribution in [1.29, 1.82) is 0 Å². The number of hydrogen-bond acceptors (Lipinski definition) is 13. The van der Waals surface area contributed by atoms with Crippen molar-refractivity contribution in [2.45, 2.75) is 123 Å². The third kappa shape index (κ3) is 29.2. The van der Waals surface area contributed by atoms with E-state index in [0.717, 1.165) is 0 Å². The van der Waals surface area contributed by atoms with Crippen LogP contribution >= 0.6 is 15.6 Å². The molecule has 27 heteroatoms. The molecule has 2 aromatic rings. The predicted octanol–water partition coefficient (Wildman–Crippen LogP) is 0.201. The lowest BCUT2D eigenvalue weighted by atomic mass is 10.0. The van der Waals surface area contributed by atoms with Gasteiger partial charge in [0.2, 0.25) is 53.2 Å². The van der Waals surface area contributed by atoms with E-state index in [4.69, 9.17) is 19.9 Å². The first-order chi connectivity index (χ1) is 37.0. The van der Waals surface area contributed by atoms with Gasteiger partial charge in [0.25, 0.3) is 0 Å². The molecule has 0 aromatic heterocycles. The van der Waals surface area contributed by atoms with Gasteiger partial charge in [-0.3, -0.25) is 52.7 Å². The van der Waals surface area contributed by atoms with Crippen molar-refractivity contribution in [2.75, 3.05) is 46.1 Å². The number of alkyl carbamates (subject to hydrolysis) is 1. The second-order valence-corrected chi connectivity index (χ2v) is 23.9. The highest BCUT2D eigenvalue weighted by Crippen LogP contribution is 2.23. The first-order valence-electron chi connectivity index (χ1n) is 25.7. The number of rotatable bonds is 33. The third-order valence-corrected chi connectivity index (χ3v) is 13.0. The Morgan fingerprint density at radius 1 is 0.456 bits per heavy atom. The summed E-state index contributed by atoms with van der Waals surface area (Å²) in [4.78, 5) is 158. The average molecular weight is 1130 g/mol. The zero-order chi connectivity index (χ0) is 59.4. The van der Waals surface area contributed by atoms with Gasteiger partial charge < -0.3 is 57.9 Å². The molecular formula is C52H76B2N10O13P2. The first kappa shape index (κ1) is 68.4. The zero-order valence-corrected chi connectivity index (χ0v) is 48.2. The summed E-state index contributed by atoms with van der Waals surface area (Å²) in [5.74, 6) is -7.11. The smallest absolute Gasteiger partial charge is 0.408 e. The second kappa shape index (κ2) is 35.0. The molecule has 0 aliphatic carbocycles. The van der Waals surface area contributed by atoms with Gasteiger partial charge in [-0.1, -0.05) is 104 Å². The van der Waals surface area contributed by atoms with E-state index < -0.39 is 143 Å². The molecule has 7 atom stereocenters. The molecule has 7 unspecified atom stereocenters. The summed E-state index contributed by atoms with van der Waals surface area (Å²) in [7, 11) is 8.48. The molecule has 0 saturated heterocycles. The lowest BCUT2D eigenvalue weighted by Crippen LogP contribution is -2.56. The van der Waals surface area contributed by atoms with E-state index in [2.05, 4.69) is 53.2 Å². The maximum atomic E-state index is 13.9. The molecule has 10 amide bonds. The van der Waals surface area contributed by atoms with Crippen LogP contribution in [-0.4, -0.2) is 167 Å². The van der Waals surface area contributed by atoms with E-state index in [1.54, 1.807) is 88.1 Å². The standard InChI is InChI=1S/C52H76B2N10O13P2/c1-31(2)22-36(47(72)57-29-44(69)78(8)53)63-49(74)38(24-33-16-12-10-13-17-33)61-41(66)26-55-40(65)21-20-35(60-43(68)28-59-51(76)77-52(5,6)7)46(71)56-27-42(67)62-39(25-34-18-14-11-15-19-34)50(75)64-37(23-32(3)4)48(73)58-30-45(70)79(9)54/h10-19,31-32,35-39H,20-30H2,1-9H3,(H,55,65)(H,56,71)(H,57,72)(H,58,73)(H,59,76)(H,60,68)(H,61,66)(H,62,67)(H,63,74)(H,64,75). The van der Waals surface area contributed by atoms with Crippen molar-refractivity contribution < 1.29 is 62.3 Å². The maximum Gasteiger partial charge on any atom is 0.408 e. The highest BCUT2D eigenvalue weighted by Gasteiger charge is 2.31. The number of amides is 10. The minimum atomic E-state index is -1.51. The Kier molecular flexibility index (Phi) is 30.3. The summed E-state index contributed by atoms with van der Waals surface area (Å²) in [5.41, 5.74) is -0.322. The Bertz CT molecular complexity index is 2420. The van der Waals surface area contributed by atoms with Gasteiger partial charge in [-0.25, -0.2) is 4.79 Å². The van der Waals surface area contributed by atoms with Crippen LogP contribution in [0.15, 0.2) is 60.7 Å². The van der Waals surface area contributed by atoms with Gasteiger partial charge in [-0.2, -0.15) is 0 Å². The predicted molar refractivity (Wildman–Crippen MR) is 302 cm³/mol. The summed E-state index contributed by atoms with van der Waals surface area (Å²) in [6, 6.07) is 11.1. The van der Waals surface area contributed by atoms with E-state index in [1.165, 1.54) is 6.66 Å². The molecule has 0 aliphatic rings. The fourth-order valence-corrected chi connectivity index (χ4v) is 7.85. The Hall–Kier alpha value is -6.73. The molecule has 4 radical (unpaired) electrons. The van der Waals surface area contributed by atoms with Crippen molar-refractivity contribution >= 4 is 101 Å². The Labute approximate surface area is 467 Å². The minimum absolute atomic E-state index is 0.0101. The van der Waals surface area contributed by atoms with E-state index >= 15 is 0 Å². The quantitative estimate of drug-likeness (QED) is 0.0338. The van der Waals surface area contributed by atoms with Crippen LogP contribution in [0, 0.1) is 11.8 Å². The highest BCUT2D eigenvalue weighted by molar-refractivity contribution is 7.95. The van der Waals surface area contributed by atoms with Gasteiger partial charge in [0, 0.05) is 19.3 Å². The molecular weight excluding hydrogens is 1060 g/mol. The molecule has 428 valence electrons. The van der Waals surface area contributed by atoms with Gasteiger partial charge in [0.05, 0.1) is 26.2 Å². The summed E-state index contributed by atoms with van der Waals surface area (Å²) >= 11 is 0. The molecule has 0 heterocycles. The SMILES string of the molecule is [B]P(C)C(=O)CNC(=O)C(CC(C)C)NC(=O)C(Cc1ccccc1)NC(=O)CNC(=O)CCC(NC(=O)CNC(=O)OC(C)(C)C)C(=O)NCC(=O)NC(Cc1ccccc1)C(=O)NC(CC(C)C)C(=O)NCC(=O)P([B])C. The Balaban J connectivity index is 2.25. The molecule has 0 bridgehead atoms. The number of nitrogens with one attached hydrogen (secondary N) is 10. The Morgan fingerprint density at radius 2 is 0.810 bits per heavy atom. The van der Waals surface area contributed by atoms with Crippen LogP contribution in [0.4, 0.5) is 4.79 Å². The molecule has 0 spiro atoms. The van der Waals surface area contributed by atoms with Gasteiger partial charge in [-0.05, 0) is 76.3 Å². The van der Waals surface area contributed by atoms with E-state index in [0.29, 0.717) is 11.1 Å². The van der Waals surface area contributed by atoms with Crippen LogP contribution in [0.2, 0.25) is 0 Å². The number of ether oxygens (including phenoxy) is 1. The fraction of sp³-hybridized carbons (Fsp3) is 0.538. The van der Waals surface area contributed by atoms with Crippen LogP contribution in [-0.2, 0) is 70.3 Å². The van der Waals surface area contributed by atoms with Crippen LogP contribution in [0.5, 0.6) is 0 Å². The average Bonchev–Trinajstić information content (AvgIpc) is 3.37. The maximum absolute atomic E-state index is 13.9. The lowest BCUT2D eigenvalue weighted by molar-refractivity contribution is -0.133. The third-order valence-electron chi connectivity index (χ3n) is 11.1. The molecule has 2 aromatic carbocycles.